The standard InChI is InChI=1S/C21H31N5O/c1-16(2)19-13-18(27-25-19)14-23-21(22-3)24-15-20(26-11-7-8-12-26)17-9-5-4-6-10-17/h4-6,9-10,13,16,20H,7-8,11-12,14-15H2,1-3H3,(H2,22,23,24). The molecule has 27 heavy (non-hydrogen) atoms. The Morgan fingerprint density at radius 2 is 1.93 bits per heavy atom. The summed E-state index contributed by atoms with van der Waals surface area (Å²) in [5.74, 6) is 1.96. The number of aliphatic imine (C=N–C) groups is 1. The predicted octanol–water partition coefficient (Wildman–Crippen LogP) is 3.30. The lowest BCUT2D eigenvalue weighted by Gasteiger charge is -2.28. The van der Waals surface area contributed by atoms with Crippen LogP contribution in [0.1, 0.15) is 55.7 Å². The van der Waals surface area contributed by atoms with Gasteiger partial charge in [0.1, 0.15) is 0 Å². The molecule has 1 aliphatic rings. The summed E-state index contributed by atoms with van der Waals surface area (Å²) >= 11 is 0. The van der Waals surface area contributed by atoms with Gasteiger partial charge in [-0.3, -0.25) is 9.89 Å². The van der Waals surface area contributed by atoms with E-state index in [9.17, 15) is 0 Å². The molecule has 1 saturated heterocycles. The van der Waals surface area contributed by atoms with Crippen molar-refractivity contribution < 1.29 is 4.52 Å². The fourth-order valence-electron chi connectivity index (χ4n) is 3.46. The topological polar surface area (TPSA) is 65.7 Å². The average Bonchev–Trinajstić information content (AvgIpc) is 3.37. The first-order chi connectivity index (χ1) is 13.2. The molecule has 1 fully saturated rings. The van der Waals surface area contributed by atoms with Crippen LogP contribution in [-0.4, -0.2) is 42.7 Å². The Bertz CT molecular complexity index is 719. The molecule has 2 aromatic rings. The maximum Gasteiger partial charge on any atom is 0.191 e. The van der Waals surface area contributed by atoms with Gasteiger partial charge in [-0.1, -0.05) is 49.3 Å². The molecule has 0 aliphatic carbocycles. The van der Waals surface area contributed by atoms with E-state index < -0.39 is 0 Å². The lowest BCUT2D eigenvalue weighted by Crippen LogP contribution is -2.42. The van der Waals surface area contributed by atoms with E-state index in [2.05, 4.69) is 69.9 Å². The molecular formula is C21H31N5O. The summed E-state index contributed by atoms with van der Waals surface area (Å²) in [5.41, 5.74) is 2.33. The molecule has 0 spiro atoms. The van der Waals surface area contributed by atoms with Crippen LogP contribution in [0.15, 0.2) is 45.9 Å². The molecule has 6 nitrogen and oxygen atoms in total. The maximum atomic E-state index is 5.39. The highest BCUT2D eigenvalue weighted by molar-refractivity contribution is 5.79. The number of aromatic nitrogens is 1. The summed E-state index contributed by atoms with van der Waals surface area (Å²) < 4.78 is 5.39. The van der Waals surface area contributed by atoms with Gasteiger partial charge >= 0.3 is 0 Å². The number of hydrogen-bond acceptors (Lipinski definition) is 4. The second kappa shape index (κ2) is 9.55. The Morgan fingerprint density at radius 3 is 2.56 bits per heavy atom. The molecule has 0 bridgehead atoms. The van der Waals surface area contributed by atoms with E-state index in [0.29, 0.717) is 18.5 Å². The summed E-state index contributed by atoms with van der Waals surface area (Å²) in [6.45, 7) is 7.92. The minimum absolute atomic E-state index is 0.352. The first-order valence-electron chi connectivity index (χ1n) is 9.86. The number of rotatable bonds is 7. The van der Waals surface area contributed by atoms with E-state index in [-0.39, 0.29) is 0 Å². The molecule has 0 radical (unpaired) electrons. The maximum absolute atomic E-state index is 5.39. The summed E-state index contributed by atoms with van der Waals surface area (Å²) in [4.78, 5) is 6.91. The molecule has 0 amide bonds. The van der Waals surface area contributed by atoms with Crippen LogP contribution in [0.2, 0.25) is 0 Å². The zero-order chi connectivity index (χ0) is 19.1. The Hall–Kier alpha value is -2.34. The van der Waals surface area contributed by atoms with Crippen LogP contribution in [0.3, 0.4) is 0 Å². The highest BCUT2D eigenvalue weighted by Crippen LogP contribution is 2.24. The fourth-order valence-corrected chi connectivity index (χ4v) is 3.46. The minimum Gasteiger partial charge on any atom is -0.359 e. The second-order valence-electron chi connectivity index (χ2n) is 7.35. The summed E-state index contributed by atoms with van der Waals surface area (Å²) in [7, 11) is 1.79. The minimum atomic E-state index is 0.352. The number of likely N-dealkylation sites (tertiary alicyclic amines) is 1. The van der Waals surface area contributed by atoms with Gasteiger partial charge in [-0.15, -0.1) is 0 Å². The smallest absolute Gasteiger partial charge is 0.191 e. The normalized spacial score (nSPS) is 16.7. The zero-order valence-electron chi connectivity index (χ0n) is 16.6. The van der Waals surface area contributed by atoms with Crippen LogP contribution in [-0.2, 0) is 6.54 Å². The van der Waals surface area contributed by atoms with Gasteiger partial charge in [0.2, 0.25) is 0 Å². The van der Waals surface area contributed by atoms with Crippen LogP contribution in [0.4, 0.5) is 0 Å². The van der Waals surface area contributed by atoms with Gasteiger partial charge in [0.05, 0.1) is 18.3 Å². The van der Waals surface area contributed by atoms with E-state index >= 15 is 0 Å². The van der Waals surface area contributed by atoms with Crippen LogP contribution in [0.5, 0.6) is 0 Å². The molecule has 1 aromatic carbocycles. The summed E-state index contributed by atoms with van der Waals surface area (Å²) in [6.07, 6.45) is 2.56. The SMILES string of the molecule is CN=C(NCc1cc(C(C)C)no1)NCC(c1ccccc1)N1CCCC1. The predicted molar refractivity (Wildman–Crippen MR) is 109 cm³/mol. The van der Waals surface area contributed by atoms with Crippen molar-refractivity contribution in [1.82, 2.24) is 20.7 Å². The fraction of sp³-hybridized carbons (Fsp3) is 0.524. The van der Waals surface area contributed by atoms with Crippen LogP contribution < -0.4 is 10.6 Å². The highest BCUT2D eigenvalue weighted by atomic mass is 16.5. The molecule has 2 N–H and O–H groups in total. The van der Waals surface area contributed by atoms with E-state index in [4.69, 9.17) is 4.52 Å². The third-order valence-electron chi connectivity index (χ3n) is 5.05. The quantitative estimate of drug-likeness (QED) is 0.579. The Labute approximate surface area is 162 Å². The van der Waals surface area contributed by atoms with Gasteiger partial charge in [0.15, 0.2) is 11.7 Å². The van der Waals surface area contributed by atoms with Crippen molar-refractivity contribution in [2.45, 2.75) is 45.2 Å². The van der Waals surface area contributed by atoms with Gasteiger partial charge in [-0.25, -0.2) is 0 Å². The van der Waals surface area contributed by atoms with E-state index in [1.54, 1.807) is 7.05 Å². The van der Waals surface area contributed by atoms with Gasteiger partial charge < -0.3 is 15.2 Å². The number of guanidine groups is 1. The van der Waals surface area contributed by atoms with E-state index in [1.807, 2.05) is 6.07 Å². The van der Waals surface area contributed by atoms with Gasteiger partial charge in [0, 0.05) is 19.7 Å². The van der Waals surface area contributed by atoms with Crippen molar-refractivity contribution in [3.05, 3.63) is 53.4 Å². The molecular weight excluding hydrogens is 338 g/mol. The van der Waals surface area contributed by atoms with Crippen molar-refractivity contribution >= 4 is 5.96 Å². The first kappa shape index (κ1) is 19.4. The Morgan fingerprint density at radius 1 is 1.19 bits per heavy atom. The number of nitrogens with one attached hydrogen (secondary N) is 2. The van der Waals surface area contributed by atoms with Crippen LogP contribution in [0, 0.1) is 0 Å². The molecule has 2 heterocycles. The summed E-state index contributed by atoms with van der Waals surface area (Å²) in [5, 5.41) is 10.9. The molecule has 6 heteroatoms. The third kappa shape index (κ3) is 5.32. The lowest BCUT2D eigenvalue weighted by atomic mass is 10.1. The van der Waals surface area contributed by atoms with Gasteiger partial charge in [-0.2, -0.15) is 0 Å². The molecule has 146 valence electrons. The average molecular weight is 370 g/mol. The van der Waals surface area contributed by atoms with Crippen LogP contribution in [0.25, 0.3) is 0 Å². The van der Waals surface area contributed by atoms with Crippen molar-refractivity contribution in [2.75, 3.05) is 26.7 Å². The van der Waals surface area contributed by atoms with Gasteiger partial charge in [-0.05, 0) is 37.4 Å². The molecule has 0 saturated carbocycles. The third-order valence-corrected chi connectivity index (χ3v) is 5.05. The van der Waals surface area contributed by atoms with Crippen molar-refractivity contribution in [1.29, 1.82) is 0 Å². The second-order valence-corrected chi connectivity index (χ2v) is 7.35. The number of nitrogens with zero attached hydrogens (tertiary/aromatic N) is 3. The van der Waals surface area contributed by atoms with Crippen molar-refractivity contribution in [3.63, 3.8) is 0 Å². The molecule has 1 unspecified atom stereocenters. The Balaban J connectivity index is 1.57. The molecule has 1 aliphatic heterocycles. The monoisotopic (exact) mass is 369 g/mol. The van der Waals surface area contributed by atoms with E-state index in [1.165, 1.54) is 18.4 Å². The molecule has 1 aromatic heterocycles. The van der Waals surface area contributed by atoms with Crippen molar-refractivity contribution in [2.24, 2.45) is 4.99 Å². The highest BCUT2D eigenvalue weighted by Gasteiger charge is 2.23. The summed E-state index contributed by atoms with van der Waals surface area (Å²) in [6, 6.07) is 13.1. The van der Waals surface area contributed by atoms with Crippen LogP contribution >= 0.6 is 0 Å². The van der Waals surface area contributed by atoms with Gasteiger partial charge in [0.25, 0.3) is 0 Å². The number of hydrogen-bond donors (Lipinski definition) is 2. The first-order valence-corrected chi connectivity index (χ1v) is 9.86. The number of benzene rings is 1. The largest absolute Gasteiger partial charge is 0.359 e. The zero-order valence-corrected chi connectivity index (χ0v) is 16.6. The Kier molecular flexibility index (Phi) is 6.87. The lowest BCUT2D eigenvalue weighted by molar-refractivity contribution is 0.245. The van der Waals surface area contributed by atoms with Crippen molar-refractivity contribution in [3.8, 4) is 0 Å². The molecule has 1 atom stereocenters. The van der Waals surface area contributed by atoms with E-state index in [0.717, 1.165) is 37.0 Å². The molecule has 3 rings (SSSR count).